The average molecular weight is 923 g/mol. The SMILES string of the molecule is C[C@H](N)C(=O)N[C@@H](CCCN=C(N)N)C(=O)N[C@@H](CCCN=C(N)N)C(=O)N[C@@H](CS)C(=O)N[C@@H](Cc1ccccc1)C(=O)N[C@@H](CCCN=C(N)N)C(=O)N[C@@H](CC(=O)O)C(=O)O. The lowest BCUT2D eigenvalue weighted by Crippen LogP contribution is -2.60. The number of benzene rings is 1. The first-order chi connectivity index (χ1) is 30.1. The van der Waals surface area contributed by atoms with Crippen molar-refractivity contribution < 1.29 is 48.6 Å². The summed E-state index contributed by atoms with van der Waals surface area (Å²) in [6.45, 7) is 1.59. The highest BCUT2D eigenvalue weighted by molar-refractivity contribution is 7.80. The fourth-order valence-electron chi connectivity index (χ4n) is 5.61. The number of thiol groups is 1. The Hall–Kier alpha value is -6.90. The first-order valence-electron chi connectivity index (χ1n) is 20.0. The van der Waals surface area contributed by atoms with Crippen LogP contribution in [0.1, 0.15) is 57.4 Å². The average Bonchev–Trinajstić information content (AvgIpc) is 3.21. The number of guanidine groups is 3. The van der Waals surface area contributed by atoms with Gasteiger partial charge in [-0.2, -0.15) is 12.6 Å². The van der Waals surface area contributed by atoms with E-state index in [0.29, 0.717) is 5.56 Å². The lowest BCUT2D eigenvalue weighted by Gasteiger charge is -2.27. The lowest BCUT2D eigenvalue weighted by molar-refractivity contribution is -0.147. The van der Waals surface area contributed by atoms with E-state index in [-0.39, 0.29) is 88.2 Å². The second-order valence-electron chi connectivity index (χ2n) is 14.3. The molecule has 0 aromatic heterocycles. The molecule has 1 rings (SSSR count). The van der Waals surface area contributed by atoms with E-state index in [0.717, 1.165) is 0 Å². The van der Waals surface area contributed by atoms with Crippen LogP contribution in [0.5, 0.6) is 0 Å². The summed E-state index contributed by atoms with van der Waals surface area (Å²) >= 11 is 4.25. The van der Waals surface area contributed by atoms with Gasteiger partial charge in [-0.1, -0.05) is 30.3 Å². The molecule has 26 nitrogen and oxygen atoms in total. The molecule has 0 fully saturated rings. The van der Waals surface area contributed by atoms with Gasteiger partial charge >= 0.3 is 11.9 Å². The number of carbonyl (C=O) groups excluding carboxylic acids is 6. The first kappa shape index (κ1) is 55.1. The number of rotatable bonds is 30. The zero-order valence-corrected chi connectivity index (χ0v) is 36.3. The number of nitrogens with two attached hydrogens (primary N) is 7. The summed E-state index contributed by atoms with van der Waals surface area (Å²) in [5.41, 5.74) is 38.7. The van der Waals surface area contributed by atoms with Gasteiger partial charge in [-0.15, -0.1) is 0 Å². The van der Waals surface area contributed by atoms with E-state index in [9.17, 15) is 48.6 Å². The smallest absolute Gasteiger partial charge is 0.326 e. The minimum Gasteiger partial charge on any atom is -0.481 e. The Balaban J connectivity index is 3.46. The highest BCUT2D eigenvalue weighted by Gasteiger charge is 2.33. The molecule has 0 spiro atoms. The van der Waals surface area contributed by atoms with E-state index in [4.69, 9.17) is 40.1 Å². The zero-order chi connectivity index (χ0) is 48.4. The third-order valence-corrected chi connectivity index (χ3v) is 9.24. The highest BCUT2D eigenvalue weighted by atomic mass is 32.1. The maximum Gasteiger partial charge on any atom is 0.326 e. The largest absolute Gasteiger partial charge is 0.481 e. The van der Waals surface area contributed by atoms with E-state index >= 15 is 0 Å². The maximum absolute atomic E-state index is 14.0. The number of hydrogen-bond donors (Lipinski definition) is 16. The molecule has 1 aromatic rings. The van der Waals surface area contributed by atoms with Crippen molar-refractivity contribution in [3.8, 4) is 0 Å². The van der Waals surface area contributed by atoms with Crippen LogP contribution in [0.4, 0.5) is 0 Å². The van der Waals surface area contributed by atoms with Gasteiger partial charge in [0.25, 0.3) is 0 Å². The van der Waals surface area contributed by atoms with Crippen LogP contribution in [0.3, 0.4) is 0 Å². The quantitative estimate of drug-likeness (QED) is 0.0148. The van der Waals surface area contributed by atoms with Gasteiger partial charge in [0.05, 0.1) is 12.5 Å². The van der Waals surface area contributed by atoms with E-state index in [1.165, 1.54) is 6.92 Å². The van der Waals surface area contributed by atoms with Crippen LogP contribution in [-0.4, -0.2) is 143 Å². The number of aliphatic carboxylic acids is 2. The topological polar surface area (TPSA) is 468 Å². The highest BCUT2D eigenvalue weighted by Crippen LogP contribution is 2.09. The summed E-state index contributed by atoms with van der Waals surface area (Å²) in [4.78, 5) is 116. The van der Waals surface area contributed by atoms with Gasteiger partial charge in [0.15, 0.2) is 17.9 Å². The van der Waals surface area contributed by atoms with E-state index in [1.807, 2.05) is 0 Å². The summed E-state index contributed by atoms with van der Waals surface area (Å²) < 4.78 is 0. The molecule has 6 amide bonds. The van der Waals surface area contributed by atoms with Gasteiger partial charge in [0, 0.05) is 31.8 Å². The predicted octanol–water partition coefficient (Wildman–Crippen LogP) is -5.87. The molecule has 0 saturated heterocycles. The standard InChI is InChI=1S/C37H62N16O10S/c1-19(38)28(56)48-21(10-5-13-45-35(39)40)29(57)49-23(12-7-15-47-37(43)44)31(59)53-26(18-64)33(61)51-24(16-20-8-3-2-4-9-20)32(60)50-22(11-6-14-46-36(41)42)30(58)52-25(34(62)63)17-27(54)55/h2-4,8-9,19,21-26,64H,5-7,10-18,38H2,1H3,(H,48,56)(H,49,57)(H,50,60)(H,51,61)(H,52,58)(H,53,59)(H,54,55)(H,62,63)(H4,39,40,45)(H4,41,42,46)(H4,43,44,47)/t19-,21-,22-,23-,24-,25-,26-/m0/s1. The number of nitrogens with one attached hydrogen (secondary N) is 6. The Morgan fingerprint density at radius 1 is 0.547 bits per heavy atom. The Bertz CT molecular complexity index is 1820. The fraction of sp³-hybridized carbons (Fsp3) is 0.541. The van der Waals surface area contributed by atoms with Gasteiger partial charge in [-0.25, -0.2) is 4.79 Å². The minimum atomic E-state index is -1.85. The Morgan fingerprint density at radius 3 is 1.25 bits per heavy atom. The van der Waals surface area contributed by atoms with Crippen molar-refractivity contribution in [2.24, 2.45) is 55.1 Å². The molecule has 0 bridgehead atoms. The van der Waals surface area contributed by atoms with E-state index < -0.39 is 96.1 Å². The maximum atomic E-state index is 14.0. The third-order valence-electron chi connectivity index (χ3n) is 8.87. The van der Waals surface area contributed by atoms with Gasteiger partial charge in [-0.05, 0) is 51.0 Å². The van der Waals surface area contributed by atoms with Crippen molar-refractivity contribution in [2.75, 3.05) is 25.4 Å². The predicted molar refractivity (Wildman–Crippen MR) is 239 cm³/mol. The minimum absolute atomic E-state index is 0.00430. The van der Waals surface area contributed by atoms with Crippen LogP contribution in [0, 0.1) is 0 Å². The molecule has 64 heavy (non-hydrogen) atoms. The number of hydrogen-bond acceptors (Lipinski definition) is 13. The van der Waals surface area contributed by atoms with E-state index in [2.05, 4.69) is 59.5 Å². The molecule has 0 heterocycles. The Labute approximate surface area is 374 Å². The monoisotopic (exact) mass is 922 g/mol. The summed E-state index contributed by atoms with van der Waals surface area (Å²) in [6, 6.07) is -1.30. The second kappa shape index (κ2) is 29.4. The summed E-state index contributed by atoms with van der Waals surface area (Å²) in [5.74, 6) is -9.28. The van der Waals surface area contributed by atoms with Crippen molar-refractivity contribution in [1.29, 1.82) is 0 Å². The van der Waals surface area contributed by atoms with Crippen LogP contribution in [0.25, 0.3) is 0 Å². The van der Waals surface area contributed by atoms with Gasteiger partial charge in [-0.3, -0.25) is 48.5 Å². The molecular weight excluding hydrogens is 861 g/mol. The Morgan fingerprint density at radius 2 is 0.891 bits per heavy atom. The number of carboxylic acid groups (broad SMARTS) is 2. The first-order valence-corrected chi connectivity index (χ1v) is 20.6. The third kappa shape index (κ3) is 22.8. The summed E-state index contributed by atoms with van der Waals surface area (Å²) in [5, 5.41) is 33.5. The van der Waals surface area contributed by atoms with Crippen LogP contribution < -0.4 is 72.0 Å². The molecular formula is C37H62N16O10S. The van der Waals surface area contributed by atoms with Crippen molar-refractivity contribution in [3.63, 3.8) is 0 Å². The van der Waals surface area contributed by atoms with Crippen molar-refractivity contribution in [3.05, 3.63) is 35.9 Å². The summed E-state index contributed by atoms with van der Waals surface area (Å²) in [6.07, 6.45) is -0.784. The molecule has 0 aliphatic rings. The van der Waals surface area contributed by atoms with Crippen LogP contribution in [0.15, 0.2) is 45.3 Å². The van der Waals surface area contributed by atoms with Crippen molar-refractivity contribution in [1.82, 2.24) is 31.9 Å². The van der Waals surface area contributed by atoms with Crippen LogP contribution in [0.2, 0.25) is 0 Å². The molecule has 0 aliphatic carbocycles. The molecule has 0 saturated carbocycles. The molecule has 27 heteroatoms. The van der Waals surface area contributed by atoms with Gasteiger partial charge in [0.1, 0.15) is 36.3 Å². The van der Waals surface area contributed by atoms with Crippen molar-refractivity contribution in [2.45, 2.75) is 101 Å². The summed E-state index contributed by atoms with van der Waals surface area (Å²) in [7, 11) is 0. The molecule has 0 aliphatic heterocycles. The number of amides is 6. The Kier molecular flexibility index (Phi) is 25.3. The van der Waals surface area contributed by atoms with E-state index in [1.54, 1.807) is 30.3 Å². The van der Waals surface area contributed by atoms with Crippen LogP contribution >= 0.6 is 12.6 Å². The number of aliphatic imine (C=N–C) groups is 3. The second-order valence-corrected chi connectivity index (χ2v) is 14.7. The number of carboxylic acids is 2. The number of nitrogens with zero attached hydrogens (tertiary/aromatic N) is 3. The van der Waals surface area contributed by atoms with Crippen molar-refractivity contribution >= 4 is 77.9 Å². The molecule has 1 aromatic carbocycles. The molecule has 0 radical (unpaired) electrons. The lowest BCUT2D eigenvalue weighted by atomic mass is 10.0. The number of carbonyl (C=O) groups is 8. The zero-order valence-electron chi connectivity index (χ0n) is 35.4. The van der Waals surface area contributed by atoms with Gasteiger partial charge < -0.3 is 82.2 Å². The van der Waals surface area contributed by atoms with Gasteiger partial charge in [0.2, 0.25) is 35.4 Å². The fourth-order valence-corrected chi connectivity index (χ4v) is 5.87. The molecule has 22 N–H and O–H groups in total. The normalized spacial score (nSPS) is 13.9. The molecule has 0 unspecified atom stereocenters. The van der Waals surface area contributed by atoms with Crippen LogP contribution in [-0.2, 0) is 44.8 Å². The molecule has 7 atom stereocenters. The molecule has 356 valence electrons.